The monoisotopic (exact) mass is 199 g/mol. The van der Waals surface area contributed by atoms with Gasteiger partial charge < -0.3 is 5.21 Å². The van der Waals surface area contributed by atoms with Crippen molar-refractivity contribution in [2.24, 2.45) is 0 Å². The minimum absolute atomic E-state index is 0.442. The maximum Gasteiger partial charge on any atom is 0.315 e. The number of hydrogen-bond donors (Lipinski definition) is 3. The lowest BCUT2D eigenvalue weighted by Gasteiger charge is -2.29. The first-order valence-electron chi connectivity index (χ1n) is 4.32. The highest BCUT2D eigenvalue weighted by atomic mass is 16.6. The molecular formula is C8H13N3O3. The first-order valence-corrected chi connectivity index (χ1v) is 4.32. The second-order valence-corrected chi connectivity index (χ2v) is 2.96. The van der Waals surface area contributed by atoms with Crippen LogP contribution in [-0.2, 0) is 0 Å². The van der Waals surface area contributed by atoms with Crippen molar-refractivity contribution in [3.63, 3.8) is 0 Å². The van der Waals surface area contributed by atoms with Crippen LogP contribution in [0.3, 0.4) is 0 Å². The van der Waals surface area contributed by atoms with Gasteiger partial charge in [-0.25, -0.2) is 5.32 Å². The third-order valence-corrected chi connectivity index (χ3v) is 2.14. The van der Waals surface area contributed by atoms with Crippen molar-refractivity contribution in [1.82, 2.24) is 10.8 Å². The van der Waals surface area contributed by atoms with E-state index in [1.807, 2.05) is 5.48 Å². The molecule has 0 heterocycles. The largest absolute Gasteiger partial charge is 0.316 e. The van der Waals surface area contributed by atoms with Gasteiger partial charge in [0.2, 0.25) is 0 Å². The van der Waals surface area contributed by atoms with Crippen LogP contribution in [0.4, 0.5) is 0 Å². The van der Waals surface area contributed by atoms with E-state index in [1.165, 1.54) is 12.2 Å². The van der Waals surface area contributed by atoms with Crippen molar-refractivity contribution in [3.8, 4) is 0 Å². The van der Waals surface area contributed by atoms with Crippen LogP contribution in [0.15, 0.2) is 24.3 Å². The number of rotatable bonds is 4. The molecule has 0 aromatic rings. The van der Waals surface area contributed by atoms with Crippen molar-refractivity contribution in [2.45, 2.75) is 18.6 Å². The number of likely N-dealkylation sites (N-methyl/N-ethyl adjacent to an activating group) is 1. The normalized spacial score (nSPS) is 30.6. The summed E-state index contributed by atoms with van der Waals surface area (Å²) < 4.78 is 0. The number of nitro groups is 1. The zero-order valence-electron chi connectivity index (χ0n) is 7.80. The van der Waals surface area contributed by atoms with Crippen LogP contribution >= 0.6 is 0 Å². The molecular weight excluding hydrogens is 186 g/mol. The molecule has 3 N–H and O–H groups in total. The van der Waals surface area contributed by atoms with Crippen molar-refractivity contribution in [3.05, 3.63) is 34.4 Å². The van der Waals surface area contributed by atoms with Gasteiger partial charge in [0.15, 0.2) is 0 Å². The summed E-state index contributed by atoms with van der Waals surface area (Å²) in [6.07, 6.45) is 6.18. The Morgan fingerprint density at radius 3 is 2.86 bits per heavy atom. The summed E-state index contributed by atoms with van der Waals surface area (Å²) in [6.45, 7) is 2.21. The Kier molecular flexibility index (Phi) is 3.34. The minimum Gasteiger partial charge on any atom is -0.316 e. The highest BCUT2D eigenvalue weighted by Gasteiger charge is 2.47. The van der Waals surface area contributed by atoms with E-state index >= 15 is 0 Å². The first kappa shape index (κ1) is 10.8. The van der Waals surface area contributed by atoms with Gasteiger partial charge in [-0.05, 0) is 6.54 Å². The SMILES string of the molecule is CCNC1([N+](=O)[O-])C=CC=CC1NO. The molecule has 0 saturated carbocycles. The zero-order valence-corrected chi connectivity index (χ0v) is 7.80. The summed E-state index contributed by atoms with van der Waals surface area (Å²) in [5, 5.41) is 22.5. The average Bonchev–Trinajstić information content (AvgIpc) is 2.18. The van der Waals surface area contributed by atoms with Crippen molar-refractivity contribution in [2.75, 3.05) is 6.54 Å². The van der Waals surface area contributed by atoms with Crippen LogP contribution in [0.5, 0.6) is 0 Å². The highest BCUT2D eigenvalue weighted by molar-refractivity contribution is 5.23. The predicted octanol–water partition coefficient (Wildman–Crippen LogP) is 0.0423. The number of nitrogens with zero attached hydrogens (tertiary/aromatic N) is 1. The Morgan fingerprint density at radius 1 is 1.64 bits per heavy atom. The summed E-state index contributed by atoms with van der Waals surface area (Å²) in [7, 11) is 0. The summed E-state index contributed by atoms with van der Waals surface area (Å²) >= 11 is 0. The standard InChI is InChI=1S/C8H13N3O3/c1-2-9-8(11(13)14)6-4-3-5-7(8)10-12/h3-7,9-10,12H,2H2,1H3. The molecule has 0 aliphatic heterocycles. The number of hydroxylamine groups is 1. The van der Waals surface area contributed by atoms with E-state index in [2.05, 4.69) is 5.32 Å². The van der Waals surface area contributed by atoms with Crippen LogP contribution in [0.25, 0.3) is 0 Å². The Balaban J connectivity index is 2.99. The molecule has 6 heteroatoms. The molecule has 0 radical (unpaired) electrons. The molecule has 0 fully saturated rings. The molecule has 0 aromatic heterocycles. The molecule has 0 bridgehead atoms. The van der Waals surface area contributed by atoms with Crippen LogP contribution in [0, 0.1) is 10.1 Å². The Bertz CT molecular complexity index is 277. The predicted molar refractivity (Wildman–Crippen MR) is 50.4 cm³/mol. The molecule has 0 saturated heterocycles. The Labute approximate surface area is 81.4 Å². The molecule has 2 unspecified atom stereocenters. The number of nitrogens with one attached hydrogen (secondary N) is 2. The lowest BCUT2D eigenvalue weighted by Crippen LogP contribution is -2.62. The van der Waals surface area contributed by atoms with Crippen LogP contribution in [0.1, 0.15) is 6.92 Å². The minimum atomic E-state index is -1.46. The van der Waals surface area contributed by atoms with E-state index in [9.17, 15) is 10.1 Å². The maximum atomic E-state index is 10.9. The third-order valence-electron chi connectivity index (χ3n) is 2.14. The Hall–Kier alpha value is -1.24. The van der Waals surface area contributed by atoms with E-state index in [1.54, 1.807) is 19.1 Å². The quantitative estimate of drug-likeness (QED) is 0.338. The molecule has 0 amide bonds. The van der Waals surface area contributed by atoms with Gasteiger partial charge >= 0.3 is 5.66 Å². The van der Waals surface area contributed by atoms with E-state index in [-0.39, 0.29) is 0 Å². The molecule has 0 aromatic carbocycles. The van der Waals surface area contributed by atoms with Gasteiger partial charge in [-0.15, -0.1) is 0 Å². The van der Waals surface area contributed by atoms with E-state index in [0.29, 0.717) is 6.54 Å². The van der Waals surface area contributed by atoms with E-state index in [4.69, 9.17) is 5.21 Å². The highest BCUT2D eigenvalue weighted by Crippen LogP contribution is 2.18. The fourth-order valence-electron chi connectivity index (χ4n) is 1.46. The van der Waals surface area contributed by atoms with Crippen LogP contribution < -0.4 is 10.8 Å². The summed E-state index contributed by atoms with van der Waals surface area (Å²) in [5.74, 6) is 0. The molecule has 14 heavy (non-hydrogen) atoms. The van der Waals surface area contributed by atoms with Gasteiger partial charge in [-0.3, -0.25) is 10.1 Å². The van der Waals surface area contributed by atoms with E-state index < -0.39 is 16.6 Å². The Morgan fingerprint density at radius 2 is 2.36 bits per heavy atom. The molecule has 1 aliphatic carbocycles. The van der Waals surface area contributed by atoms with Crippen LogP contribution in [-0.4, -0.2) is 28.4 Å². The van der Waals surface area contributed by atoms with Gasteiger partial charge in [0.25, 0.3) is 0 Å². The van der Waals surface area contributed by atoms with Gasteiger partial charge in [0.1, 0.15) is 6.04 Å². The lowest BCUT2D eigenvalue weighted by molar-refractivity contribution is -0.567. The third kappa shape index (κ3) is 1.67. The summed E-state index contributed by atoms with van der Waals surface area (Å²) in [6, 6.07) is -0.762. The molecule has 0 spiro atoms. The van der Waals surface area contributed by atoms with Crippen molar-refractivity contribution < 1.29 is 10.1 Å². The molecule has 6 nitrogen and oxygen atoms in total. The molecule has 2 atom stereocenters. The number of allylic oxidation sites excluding steroid dienone is 2. The summed E-state index contributed by atoms with van der Waals surface area (Å²) in [4.78, 5) is 10.5. The maximum absolute atomic E-state index is 10.9. The van der Waals surface area contributed by atoms with Gasteiger partial charge in [-0.2, -0.15) is 5.48 Å². The second-order valence-electron chi connectivity index (χ2n) is 2.96. The number of hydrogen-bond acceptors (Lipinski definition) is 5. The molecule has 1 rings (SSSR count). The van der Waals surface area contributed by atoms with Gasteiger partial charge in [-0.1, -0.05) is 25.2 Å². The lowest BCUT2D eigenvalue weighted by atomic mass is 9.96. The topological polar surface area (TPSA) is 87.4 Å². The fourth-order valence-corrected chi connectivity index (χ4v) is 1.46. The van der Waals surface area contributed by atoms with Crippen molar-refractivity contribution >= 4 is 0 Å². The molecule has 1 aliphatic rings. The first-order chi connectivity index (χ1) is 6.67. The molecule has 78 valence electrons. The van der Waals surface area contributed by atoms with E-state index in [0.717, 1.165) is 0 Å². The van der Waals surface area contributed by atoms with Gasteiger partial charge in [0, 0.05) is 11.0 Å². The van der Waals surface area contributed by atoms with Crippen molar-refractivity contribution in [1.29, 1.82) is 0 Å². The summed E-state index contributed by atoms with van der Waals surface area (Å²) in [5.41, 5.74) is 0.459. The second kappa shape index (κ2) is 4.32. The van der Waals surface area contributed by atoms with Crippen LogP contribution in [0.2, 0.25) is 0 Å². The fraction of sp³-hybridized carbons (Fsp3) is 0.500. The zero-order chi connectivity index (χ0) is 10.6. The average molecular weight is 199 g/mol. The smallest absolute Gasteiger partial charge is 0.315 e. The van der Waals surface area contributed by atoms with Gasteiger partial charge in [0.05, 0.1) is 0 Å².